The van der Waals surface area contributed by atoms with Crippen molar-refractivity contribution in [1.29, 1.82) is 5.41 Å². The average molecular weight is 332 g/mol. The number of aromatic amines is 1. The Balaban J connectivity index is 2.17. The fourth-order valence-corrected chi connectivity index (χ4v) is 3.16. The van der Waals surface area contributed by atoms with Crippen LogP contribution in [0.5, 0.6) is 0 Å². The summed E-state index contributed by atoms with van der Waals surface area (Å²) in [5, 5.41) is 9.08. The monoisotopic (exact) mass is 332 g/mol. The van der Waals surface area contributed by atoms with Crippen LogP contribution >= 0.6 is 0 Å². The molecule has 126 valence electrons. The second-order valence-electron chi connectivity index (χ2n) is 6.08. The van der Waals surface area contributed by atoms with Gasteiger partial charge in [-0.2, -0.15) is 0 Å². The molecule has 0 saturated carbocycles. The van der Waals surface area contributed by atoms with E-state index in [1.165, 1.54) is 6.92 Å². The minimum atomic E-state index is -0.347. The van der Waals surface area contributed by atoms with Crippen LogP contribution in [0.3, 0.4) is 0 Å². The second kappa shape index (κ2) is 6.85. The number of aryl methyl sites for hydroxylation is 1. The number of H-pyrrole nitrogens is 1. The maximum Gasteiger partial charge on any atom is 0.227 e. The van der Waals surface area contributed by atoms with E-state index in [0.29, 0.717) is 23.2 Å². The van der Waals surface area contributed by atoms with E-state index in [9.17, 15) is 9.59 Å². The zero-order valence-electron chi connectivity index (χ0n) is 14.3. The van der Waals surface area contributed by atoms with E-state index in [-0.39, 0.29) is 17.3 Å². The number of ketones is 2. The van der Waals surface area contributed by atoms with Crippen molar-refractivity contribution in [3.05, 3.63) is 70.9 Å². The Morgan fingerprint density at radius 1 is 1.04 bits per heavy atom. The third kappa shape index (κ3) is 3.03. The lowest BCUT2D eigenvalue weighted by Gasteiger charge is -2.06. The molecule has 0 radical (unpaired) electrons. The Morgan fingerprint density at radius 2 is 1.76 bits per heavy atom. The summed E-state index contributed by atoms with van der Waals surface area (Å²) in [7, 11) is 0. The number of hydrogen-bond acceptors (Lipinski definition) is 3. The highest BCUT2D eigenvalue weighted by atomic mass is 16.1. The molecule has 0 amide bonds. The Morgan fingerprint density at radius 3 is 2.40 bits per heavy atom. The minimum absolute atomic E-state index is 0.0286. The highest BCUT2D eigenvalue weighted by Crippen LogP contribution is 2.28. The Labute approximate surface area is 146 Å². The standard InChI is InChI=1S/C21H20N2O2/c1-3-8-16-18-15(13(2)24)11-7-12-17(18)23-20(16)21(25)19(22)14-9-5-4-6-10-14/h4-7,9-12,22-23H,3,8H2,1-2H3. The first-order valence-electron chi connectivity index (χ1n) is 8.37. The summed E-state index contributed by atoms with van der Waals surface area (Å²) in [6.07, 6.45) is 1.52. The zero-order chi connectivity index (χ0) is 18.0. The van der Waals surface area contributed by atoms with Gasteiger partial charge in [-0.15, -0.1) is 0 Å². The highest BCUT2D eigenvalue weighted by Gasteiger charge is 2.23. The van der Waals surface area contributed by atoms with E-state index in [4.69, 9.17) is 5.41 Å². The minimum Gasteiger partial charge on any atom is -0.352 e. The lowest BCUT2D eigenvalue weighted by molar-refractivity contribution is 0.101. The van der Waals surface area contributed by atoms with E-state index in [0.717, 1.165) is 22.9 Å². The maximum absolute atomic E-state index is 13.0. The Hall–Kier alpha value is -3.01. The molecular formula is C21H20N2O2. The first kappa shape index (κ1) is 16.8. The lowest BCUT2D eigenvalue weighted by atomic mass is 9.96. The predicted octanol–water partition coefficient (Wildman–Crippen LogP) is 4.57. The Bertz CT molecular complexity index is 968. The van der Waals surface area contributed by atoms with Crippen LogP contribution in [0.4, 0.5) is 0 Å². The van der Waals surface area contributed by atoms with E-state index in [1.807, 2.05) is 37.3 Å². The predicted molar refractivity (Wildman–Crippen MR) is 99.9 cm³/mol. The SMILES string of the molecule is CCCc1c(C(=O)C(=N)c2ccccc2)[nH]c2cccc(C(C)=O)c12. The molecule has 0 saturated heterocycles. The molecule has 3 rings (SSSR count). The van der Waals surface area contributed by atoms with Crippen LogP contribution in [0.25, 0.3) is 10.9 Å². The van der Waals surface area contributed by atoms with Gasteiger partial charge in [0.25, 0.3) is 0 Å². The van der Waals surface area contributed by atoms with Crippen LogP contribution < -0.4 is 0 Å². The van der Waals surface area contributed by atoms with Gasteiger partial charge < -0.3 is 4.98 Å². The van der Waals surface area contributed by atoms with Crippen LogP contribution in [-0.2, 0) is 6.42 Å². The van der Waals surface area contributed by atoms with Crippen molar-refractivity contribution in [3.63, 3.8) is 0 Å². The number of Topliss-reactive ketones (excluding diaryl/α,β-unsaturated/α-hetero) is 2. The first-order chi connectivity index (χ1) is 12.0. The van der Waals surface area contributed by atoms with E-state index < -0.39 is 0 Å². The van der Waals surface area contributed by atoms with E-state index in [2.05, 4.69) is 4.98 Å². The summed E-state index contributed by atoms with van der Waals surface area (Å²) in [5.74, 6) is -0.376. The van der Waals surface area contributed by atoms with Crippen molar-refractivity contribution in [2.75, 3.05) is 0 Å². The zero-order valence-corrected chi connectivity index (χ0v) is 14.3. The molecule has 4 heteroatoms. The number of hydrogen-bond donors (Lipinski definition) is 2. The van der Waals surface area contributed by atoms with Gasteiger partial charge in [0.05, 0.1) is 5.69 Å². The first-order valence-corrected chi connectivity index (χ1v) is 8.37. The third-order valence-electron chi connectivity index (χ3n) is 4.32. The molecule has 4 nitrogen and oxygen atoms in total. The third-order valence-corrected chi connectivity index (χ3v) is 4.32. The van der Waals surface area contributed by atoms with Gasteiger partial charge in [-0.3, -0.25) is 15.0 Å². The maximum atomic E-state index is 13.0. The molecule has 1 aromatic heterocycles. The molecular weight excluding hydrogens is 312 g/mol. The average Bonchev–Trinajstić information content (AvgIpc) is 3.00. The molecule has 0 atom stereocenters. The van der Waals surface area contributed by atoms with Crippen molar-refractivity contribution in [3.8, 4) is 0 Å². The molecule has 0 aliphatic heterocycles. The van der Waals surface area contributed by atoms with Crippen LogP contribution in [0.15, 0.2) is 48.5 Å². The molecule has 2 aromatic carbocycles. The van der Waals surface area contributed by atoms with Crippen molar-refractivity contribution in [1.82, 2.24) is 4.98 Å². The Kier molecular flexibility index (Phi) is 4.61. The summed E-state index contributed by atoms with van der Waals surface area (Å²) >= 11 is 0. The molecule has 0 aliphatic carbocycles. The number of benzene rings is 2. The molecule has 0 aliphatic rings. The van der Waals surface area contributed by atoms with Crippen LogP contribution in [-0.4, -0.2) is 22.3 Å². The van der Waals surface area contributed by atoms with Gasteiger partial charge in [0, 0.05) is 22.0 Å². The summed E-state index contributed by atoms with van der Waals surface area (Å²) in [4.78, 5) is 28.1. The fourth-order valence-electron chi connectivity index (χ4n) is 3.16. The quantitative estimate of drug-likeness (QED) is 0.512. The second-order valence-corrected chi connectivity index (χ2v) is 6.08. The molecule has 0 fully saturated rings. The summed E-state index contributed by atoms with van der Waals surface area (Å²) < 4.78 is 0. The van der Waals surface area contributed by atoms with E-state index >= 15 is 0 Å². The number of carbonyl (C=O) groups excluding carboxylic acids is 2. The summed E-state index contributed by atoms with van der Waals surface area (Å²) in [5.41, 5.74) is 3.16. The number of rotatable bonds is 6. The van der Waals surface area contributed by atoms with Crippen molar-refractivity contribution >= 4 is 28.2 Å². The summed E-state index contributed by atoms with van der Waals surface area (Å²) in [6, 6.07) is 14.4. The molecule has 25 heavy (non-hydrogen) atoms. The molecule has 2 N–H and O–H groups in total. The topological polar surface area (TPSA) is 73.8 Å². The number of nitrogens with one attached hydrogen (secondary N) is 2. The van der Waals surface area contributed by atoms with Gasteiger partial charge in [0.15, 0.2) is 5.78 Å². The van der Waals surface area contributed by atoms with Gasteiger partial charge in [0.1, 0.15) is 5.71 Å². The van der Waals surface area contributed by atoms with Crippen LogP contribution in [0.2, 0.25) is 0 Å². The molecule has 1 heterocycles. The van der Waals surface area contributed by atoms with Crippen molar-refractivity contribution < 1.29 is 9.59 Å². The van der Waals surface area contributed by atoms with Gasteiger partial charge in [-0.25, -0.2) is 0 Å². The smallest absolute Gasteiger partial charge is 0.227 e. The van der Waals surface area contributed by atoms with Gasteiger partial charge in [0.2, 0.25) is 5.78 Å². The molecule has 0 spiro atoms. The number of fused-ring (bicyclic) bond motifs is 1. The van der Waals surface area contributed by atoms with Crippen molar-refractivity contribution in [2.24, 2.45) is 0 Å². The molecule has 0 unspecified atom stereocenters. The normalized spacial score (nSPS) is 10.8. The fraction of sp³-hybridized carbons (Fsp3) is 0.190. The summed E-state index contributed by atoms with van der Waals surface area (Å²) in [6.45, 7) is 3.57. The number of carbonyl (C=O) groups is 2. The number of aromatic nitrogens is 1. The van der Waals surface area contributed by atoms with E-state index in [1.54, 1.807) is 18.2 Å². The lowest BCUT2D eigenvalue weighted by Crippen LogP contribution is -2.16. The highest BCUT2D eigenvalue weighted by molar-refractivity contribution is 6.50. The van der Waals surface area contributed by atoms with Crippen LogP contribution in [0, 0.1) is 5.41 Å². The van der Waals surface area contributed by atoms with Gasteiger partial charge in [-0.1, -0.05) is 55.8 Å². The largest absolute Gasteiger partial charge is 0.352 e. The molecule has 0 bridgehead atoms. The van der Waals surface area contributed by atoms with Crippen LogP contribution in [0.1, 0.15) is 52.2 Å². The van der Waals surface area contributed by atoms with Gasteiger partial charge >= 0.3 is 0 Å². The van der Waals surface area contributed by atoms with Crippen molar-refractivity contribution in [2.45, 2.75) is 26.7 Å². The van der Waals surface area contributed by atoms with Gasteiger partial charge in [-0.05, 0) is 25.0 Å². The molecule has 3 aromatic rings.